The van der Waals surface area contributed by atoms with Crippen molar-refractivity contribution in [3.8, 4) is 12.3 Å². The van der Waals surface area contributed by atoms with Gasteiger partial charge in [-0.05, 0) is 6.92 Å². The summed E-state index contributed by atoms with van der Waals surface area (Å²) in [4.78, 5) is 11.9. The molecule has 1 rings (SSSR count). The van der Waals surface area contributed by atoms with E-state index in [0.29, 0.717) is 6.54 Å². The van der Waals surface area contributed by atoms with Crippen molar-refractivity contribution in [2.45, 2.75) is 13.5 Å². The minimum atomic E-state index is 0.0236. The van der Waals surface area contributed by atoms with Gasteiger partial charge in [0.1, 0.15) is 0 Å². The van der Waals surface area contributed by atoms with E-state index in [1.54, 1.807) is 6.20 Å². The lowest BCUT2D eigenvalue weighted by molar-refractivity contribution is 0.823. The van der Waals surface area contributed by atoms with Crippen LogP contribution in [0.15, 0.2) is 11.0 Å². The molecule has 0 saturated heterocycles. The predicted molar refractivity (Wildman–Crippen MR) is 42.1 cm³/mol. The molecule has 2 nitrogen and oxygen atoms in total. The van der Waals surface area contributed by atoms with Crippen LogP contribution in [0.25, 0.3) is 0 Å². The van der Waals surface area contributed by atoms with Gasteiger partial charge in [0.2, 0.25) is 0 Å². The first-order valence-electron chi connectivity index (χ1n) is 2.84. The molecule has 0 aliphatic carbocycles. The molecule has 0 unspecified atom stereocenters. The van der Waals surface area contributed by atoms with Gasteiger partial charge in [-0.25, -0.2) is 0 Å². The Bertz CT molecular complexity index is 315. The van der Waals surface area contributed by atoms with Crippen LogP contribution in [0.3, 0.4) is 0 Å². The molecular weight excluding hydrogens is 146 g/mol. The lowest BCUT2D eigenvalue weighted by Crippen LogP contribution is -2.10. The van der Waals surface area contributed by atoms with Gasteiger partial charge in [-0.2, -0.15) is 0 Å². The predicted octanol–water partition coefficient (Wildman–Crippen LogP) is 0.851. The van der Waals surface area contributed by atoms with Gasteiger partial charge in [0.15, 0.2) is 0 Å². The van der Waals surface area contributed by atoms with Crippen LogP contribution in [0.5, 0.6) is 0 Å². The van der Waals surface area contributed by atoms with Crippen molar-refractivity contribution < 1.29 is 0 Å². The fraction of sp³-hybridized carbons (Fsp3) is 0.286. The number of nitrogens with zero attached hydrogens (tertiary/aromatic N) is 1. The standard InChI is InChI=1S/C7H7NOS/c1-3-4-8-5-6(2)10-7(8)9/h1,5H,4H2,2H3. The van der Waals surface area contributed by atoms with Crippen LogP contribution in [0, 0.1) is 19.3 Å². The van der Waals surface area contributed by atoms with E-state index in [4.69, 9.17) is 6.42 Å². The smallest absolute Gasteiger partial charge is 0.294 e. The van der Waals surface area contributed by atoms with Gasteiger partial charge in [-0.3, -0.25) is 9.36 Å². The molecule has 0 saturated carbocycles. The fourth-order valence-electron chi connectivity index (χ4n) is 0.703. The molecule has 0 aliphatic heterocycles. The van der Waals surface area contributed by atoms with Crippen LogP contribution < -0.4 is 4.87 Å². The highest BCUT2D eigenvalue weighted by Gasteiger charge is 1.96. The van der Waals surface area contributed by atoms with Crippen LogP contribution in [-0.2, 0) is 6.54 Å². The normalized spacial score (nSPS) is 9.20. The average molecular weight is 153 g/mol. The molecule has 52 valence electrons. The lowest BCUT2D eigenvalue weighted by Gasteiger charge is -1.88. The van der Waals surface area contributed by atoms with Crippen LogP contribution in [0.1, 0.15) is 4.88 Å². The number of hydrogen-bond donors (Lipinski definition) is 0. The van der Waals surface area contributed by atoms with Crippen LogP contribution in [0.2, 0.25) is 0 Å². The van der Waals surface area contributed by atoms with Crippen molar-refractivity contribution in [1.29, 1.82) is 0 Å². The van der Waals surface area contributed by atoms with E-state index >= 15 is 0 Å². The van der Waals surface area contributed by atoms with Crippen molar-refractivity contribution in [1.82, 2.24) is 4.57 Å². The second-order valence-electron chi connectivity index (χ2n) is 1.94. The zero-order valence-electron chi connectivity index (χ0n) is 5.63. The summed E-state index contributed by atoms with van der Waals surface area (Å²) >= 11 is 1.22. The Morgan fingerprint density at radius 1 is 1.90 bits per heavy atom. The van der Waals surface area contributed by atoms with E-state index in [0.717, 1.165) is 4.88 Å². The topological polar surface area (TPSA) is 22.0 Å². The maximum atomic E-state index is 10.9. The maximum Gasteiger partial charge on any atom is 0.308 e. The summed E-state index contributed by atoms with van der Waals surface area (Å²) in [7, 11) is 0. The highest BCUT2D eigenvalue weighted by molar-refractivity contribution is 7.09. The third-order valence-corrected chi connectivity index (χ3v) is 1.92. The Labute approximate surface area is 63.1 Å². The van der Waals surface area contributed by atoms with Gasteiger partial charge >= 0.3 is 4.87 Å². The summed E-state index contributed by atoms with van der Waals surface area (Å²) < 4.78 is 1.53. The molecule has 0 aromatic carbocycles. The van der Waals surface area contributed by atoms with E-state index in [9.17, 15) is 4.79 Å². The minimum Gasteiger partial charge on any atom is -0.294 e. The van der Waals surface area contributed by atoms with Gasteiger partial charge in [-0.15, -0.1) is 6.42 Å². The number of rotatable bonds is 1. The molecule has 1 aromatic rings. The first-order valence-corrected chi connectivity index (χ1v) is 3.66. The van der Waals surface area contributed by atoms with Crippen molar-refractivity contribution in [2.75, 3.05) is 0 Å². The molecule has 1 heterocycles. The highest BCUT2D eigenvalue weighted by Crippen LogP contribution is 1.98. The molecule has 0 aliphatic rings. The summed E-state index contributed by atoms with van der Waals surface area (Å²) in [5.41, 5.74) is 0. The van der Waals surface area contributed by atoms with Crippen molar-refractivity contribution in [3.63, 3.8) is 0 Å². The number of terminal acetylenes is 1. The second kappa shape index (κ2) is 2.72. The first-order chi connectivity index (χ1) is 4.74. The molecule has 0 fully saturated rings. The molecule has 10 heavy (non-hydrogen) atoms. The third kappa shape index (κ3) is 1.28. The Hall–Kier alpha value is -1.01. The van der Waals surface area contributed by atoms with Crippen LogP contribution in [0.4, 0.5) is 0 Å². The van der Waals surface area contributed by atoms with E-state index in [1.165, 1.54) is 15.9 Å². The third-order valence-electron chi connectivity index (χ3n) is 1.08. The van der Waals surface area contributed by atoms with Gasteiger partial charge in [0.05, 0.1) is 6.54 Å². The summed E-state index contributed by atoms with van der Waals surface area (Å²) in [5.74, 6) is 2.41. The monoisotopic (exact) mass is 153 g/mol. The van der Waals surface area contributed by atoms with E-state index in [2.05, 4.69) is 5.92 Å². The Morgan fingerprint density at radius 2 is 2.60 bits per heavy atom. The number of hydrogen-bond acceptors (Lipinski definition) is 2. The van der Waals surface area contributed by atoms with Crippen molar-refractivity contribution in [2.24, 2.45) is 0 Å². The zero-order chi connectivity index (χ0) is 7.56. The van der Waals surface area contributed by atoms with Gasteiger partial charge in [0, 0.05) is 11.1 Å². The Morgan fingerprint density at radius 3 is 3.00 bits per heavy atom. The quantitative estimate of drug-likeness (QED) is 0.548. The van der Waals surface area contributed by atoms with E-state index < -0.39 is 0 Å². The molecule has 0 radical (unpaired) electrons. The SMILES string of the molecule is C#CCn1cc(C)sc1=O. The van der Waals surface area contributed by atoms with Gasteiger partial charge < -0.3 is 0 Å². The van der Waals surface area contributed by atoms with Gasteiger partial charge in [0.25, 0.3) is 0 Å². The van der Waals surface area contributed by atoms with Crippen LogP contribution in [-0.4, -0.2) is 4.57 Å². The number of thiazole rings is 1. The summed E-state index contributed by atoms with van der Waals surface area (Å²) in [6.45, 7) is 2.27. The maximum absolute atomic E-state index is 10.9. The molecular formula is C7H7NOS. The Balaban J connectivity index is 3.06. The summed E-state index contributed by atoms with van der Waals surface area (Å²) in [6.07, 6.45) is 6.80. The van der Waals surface area contributed by atoms with Crippen molar-refractivity contribution >= 4 is 11.3 Å². The average Bonchev–Trinajstić information content (AvgIpc) is 2.13. The second-order valence-corrected chi connectivity index (χ2v) is 3.14. The van der Waals surface area contributed by atoms with Crippen LogP contribution >= 0.6 is 11.3 Å². The first kappa shape index (κ1) is 7.10. The molecule has 0 bridgehead atoms. The van der Waals surface area contributed by atoms with Gasteiger partial charge in [-0.1, -0.05) is 17.3 Å². The lowest BCUT2D eigenvalue weighted by atomic mass is 10.6. The number of aromatic nitrogens is 1. The fourth-order valence-corrected chi connectivity index (χ4v) is 1.39. The molecule has 0 N–H and O–H groups in total. The molecule has 0 spiro atoms. The van der Waals surface area contributed by atoms with E-state index in [-0.39, 0.29) is 4.87 Å². The largest absolute Gasteiger partial charge is 0.308 e. The Kier molecular flexibility index (Phi) is 1.93. The highest BCUT2D eigenvalue weighted by atomic mass is 32.1. The van der Waals surface area contributed by atoms with E-state index in [1.807, 2.05) is 6.92 Å². The molecule has 0 amide bonds. The molecule has 3 heteroatoms. The number of aryl methyl sites for hydroxylation is 1. The summed E-state index contributed by atoms with van der Waals surface area (Å²) in [5, 5.41) is 0. The zero-order valence-corrected chi connectivity index (χ0v) is 6.44. The summed E-state index contributed by atoms with van der Waals surface area (Å²) in [6, 6.07) is 0. The molecule has 1 aromatic heterocycles. The van der Waals surface area contributed by atoms with Crippen molar-refractivity contribution in [3.05, 3.63) is 20.7 Å². The molecule has 0 atom stereocenters. The minimum absolute atomic E-state index is 0.0236.